The van der Waals surface area contributed by atoms with Crippen molar-refractivity contribution in [2.45, 2.75) is 271 Å². The van der Waals surface area contributed by atoms with Crippen LogP contribution in [0.1, 0.15) is 265 Å². The molecule has 0 rings (SSSR count). The molecule has 0 aliphatic rings. The number of esters is 2. The van der Waals surface area contributed by atoms with Crippen LogP contribution in [0, 0.1) is 0 Å². The molecule has 340 valence electrons. The average molecular weight is 815 g/mol. The van der Waals surface area contributed by atoms with Crippen LogP contribution in [0.25, 0.3) is 0 Å². The molecule has 5 nitrogen and oxygen atoms in total. The molecule has 0 aromatic rings. The van der Waals surface area contributed by atoms with Crippen molar-refractivity contribution >= 4 is 11.9 Å². The van der Waals surface area contributed by atoms with Gasteiger partial charge in [-0.1, -0.05) is 237 Å². The summed E-state index contributed by atoms with van der Waals surface area (Å²) in [6.07, 6.45) is 58.6. The maximum absolute atomic E-state index is 12.8. The molecule has 0 fully saturated rings. The molecule has 1 unspecified atom stereocenters. The normalized spacial score (nSPS) is 12.4. The van der Waals surface area contributed by atoms with Gasteiger partial charge in [0.1, 0.15) is 6.61 Å². The summed E-state index contributed by atoms with van der Waals surface area (Å²) in [5.74, 6) is -0.388. The lowest BCUT2D eigenvalue weighted by Gasteiger charge is -2.18. The van der Waals surface area contributed by atoms with Gasteiger partial charge in [-0.05, 0) is 51.4 Å². The maximum Gasteiger partial charge on any atom is 0.306 e. The molecule has 58 heavy (non-hydrogen) atoms. The summed E-state index contributed by atoms with van der Waals surface area (Å²) >= 11 is 0. The van der Waals surface area contributed by atoms with Gasteiger partial charge in [-0.3, -0.25) is 9.59 Å². The van der Waals surface area contributed by atoms with Gasteiger partial charge in [0.15, 0.2) is 6.10 Å². The van der Waals surface area contributed by atoms with E-state index in [1.807, 2.05) is 0 Å². The van der Waals surface area contributed by atoms with Crippen LogP contribution in [0.5, 0.6) is 0 Å². The Morgan fingerprint density at radius 1 is 0.397 bits per heavy atom. The van der Waals surface area contributed by atoms with Crippen molar-refractivity contribution in [3.8, 4) is 0 Å². The number of hydrogen-bond acceptors (Lipinski definition) is 5. The fraction of sp³-hybridized carbons (Fsp3) is 0.849. The van der Waals surface area contributed by atoms with Crippen LogP contribution in [0.2, 0.25) is 0 Å². The first-order chi connectivity index (χ1) is 28.6. The molecular formula is C53H98O5. The van der Waals surface area contributed by atoms with E-state index in [2.05, 4.69) is 57.2 Å². The van der Waals surface area contributed by atoms with Crippen molar-refractivity contribution in [3.05, 3.63) is 36.5 Å². The number of hydrogen-bond donors (Lipinski definition) is 0. The minimum Gasteiger partial charge on any atom is -0.462 e. The lowest BCUT2D eigenvalue weighted by molar-refractivity contribution is -0.163. The zero-order valence-corrected chi connectivity index (χ0v) is 39.1. The number of carbonyl (C=O) groups is 2. The van der Waals surface area contributed by atoms with Crippen molar-refractivity contribution in [2.24, 2.45) is 0 Å². The highest BCUT2D eigenvalue weighted by Crippen LogP contribution is 2.15. The smallest absolute Gasteiger partial charge is 0.306 e. The van der Waals surface area contributed by atoms with Crippen LogP contribution in [0.4, 0.5) is 0 Å². The first kappa shape index (κ1) is 56.1. The number of carbonyl (C=O) groups excluding carboxylic acids is 2. The molecule has 0 bridgehead atoms. The zero-order chi connectivity index (χ0) is 42.1. The van der Waals surface area contributed by atoms with Crippen molar-refractivity contribution in [3.63, 3.8) is 0 Å². The molecule has 0 amide bonds. The molecule has 0 spiro atoms. The third kappa shape index (κ3) is 46.8. The molecule has 0 radical (unpaired) electrons. The molecule has 0 aromatic carbocycles. The standard InChI is InChI=1S/C53H98O5/c1-4-7-10-13-16-19-22-24-25-26-27-28-30-33-36-39-42-45-48-56-49-51(58-53(55)47-44-41-38-35-31-21-18-15-12-9-6-3)50-57-52(54)46-43-40-37-34-32-29-23-20-17-14-11-8-5-2/h7,10,16,19,24-25,51H,4-6,8-9,11-15,17-18,20-23,26-50H2,1-3H3/b10-7-,19-16-,25-24-. The molecule has 0 aliphatic carbocycles. The second-order valence-corrected chi connectivity index (χ2v) is 17.1. The van der Waals surface area contributed by atoms with Gasteiger partial charge in [0.25, 0.3) is 0 Å². The lowest BCUT2D eigenvalue weighted by atomic mass is 10.0. The average Bonchev–Trinajstić information content (AvgIpc) is 3.22. The first-order valence-corrected chi connectivity index (χ1v) is 25.5. The van der Waals surface area contributed by atoms with Gasteiger partial charge in [-0.2, -0.15) is 0 Å². The highest BCUT2D eigenvalue weighted by molar-refractivity contribution is 5.70. The second kappa shape index (κ2) is 49.5. The summed E-state index contributed by atoms with van der Waals surface area (Å²) in [6.45, 7) is 7.74. The van der Waals surface area contributed by atoms with Crippen LogP contribution in [-0.4, -0.2) is 37.9 Å². The van der Waals surface area contributed by atoms with Gasteiger partial charge < -0.3 is 14.2 Å². The minimum atomic E-state index is -0.532. The van der Waals surface area contributed by atoms with Crippen LogP contribution in [0.3, 0.4) is 0 Å². The first-order valence-electron chi connectivity index (χ1n) is 25.5. The Labute approximate surface area is 361 Å². The lowest BCUT2D eigenvalue weighted by Crippen LogP contribution is -2.30. The summed E-state index contributed by atoms with van der Waals surface area (Å²) in [7, 11) is 0. The molecule has 0 aromatic heterocycles. The fourth-order valence-corrected chi connectivity index (χ4v) is 7.41. The van der Waals surface area contributed by atoms with Gasteiger partial charge in [-0.25, -0.2) is 0 Å². The molecule has 1 atom stereocenters. The van der Waals surface area contributed by atoms with E-state index in [4.69, 9.17) is 14.2 Å². The Hall–Kier alpha value is -1.88. The molecule has 0 saturated carbocycles. The predicted molar refractivity (Wildman–Crippen MR) is 252 cm³/mol. The summed E-state index contributed by atoms with van der Waals surface area (Å²) < 4.78 is 17.4. The van der Waals surface area contributed by atoms with Crippen LogP contribution in [-0.2, 0) is 23.8 Å². The van der Waals surface area contributed by atoms with Crippen molar-refractivity contribution in [2.75, 3.05) is 19.8 Å². The van der Waals surface area contributed by atoms with E-state index < -0.39 is 6.10 Å². The number of rotatable bonds is 47. The fourth-order valence-electron chi connectivity index (χ4n) is 7.41. The van der Waals surface area contributed by atoms with Crippen LogP contribution < -0.4 is 0 Å². The number of allylic oxidation sites excluding steroid dienone is 6. The SMILES string of the molecule is CC/C=C\C/C=C\C/C=C\CCCCCCCCCCOCC(COC(=O)CCCCCCCCCCCCCCC)OC(=O)CCCCCCCCCCCCC. The maximum atomic E-state index is 12.8. The van der Waals surface area contributed by atoms with Gasteiger partial charge in [0, 0.05) is 19.4 Å². The number of unbranched alkanes of at least 4 members (excludes halogenated alkanes) is 30. The largest absolute Gasteiger partial charge is 0.462 e. The van der Waals surface area contributed by atoms with E-state index in [0.717, 1.165) is 57.8 Å². The summed E-state index contributed by atoms with van der Waals surface area (Å²) in [6, 6.07) is 0. The predicted octanol–water partition coefficient (Wildman–Crippen LogP) is 17.0. The molecule has 0 heterocycles. The Bertz CT molecular complexity index is 924. The second-order valence-electron chi connectivity index (χ2n) is 17.1. The number of ether oxygens (including phenoxy) is 3. The van der Waals surface area contributed by atoms with Gasteiger partial charge >= 0.3 is 11.9 Å². The summed E-state index contributed by atoms with van der Waals surface area (Å²) in [5, 5.41) is 0. The van der Waals surface area contributed by atoms with E-state index >= 15 is 0 Å². The van der Waals surface area contributed by atoms with Crippen LogP contribution >= 0.6 is 0 Å². The van der Waals surface area contributed by atoms with E-state index in [9.17, 15) is 9.59 Å². The van der Waals surface area contributed by atoms with Crippen molar-refractivity contribution in [1.29, 1.82) is 0 Å². The minimum absolute atomic E-state index is 0.0883. The summed E-state index contributed by atoms with van der Waals surface area (Å²) in [4.78, 5) is 25.3. The molecule has 0 saturated heterocycles. The Morgan fingerprint density at radius 2 is 0.776 bits per heavy atom. The third-order valence-corrected chi connectivity index (χ3v) is 11.2. The Balaban J connectivity index is 4.20. The van der Waals surface area contributed by atoms with E-state index in [1.54, 1.807) is 0 Å². The molecule has 5 heteroatoms. The molecular weight excluding hydrogens is 717 g/mol. The van der Waals surface area contributed by atoms with Crippen molar-refractivity contribution in [1.82, 2.24) is 0 Å². The van der Waals surface area contributed by atoms with E-state index in [0.29, 0.717) is 19.4 Å². The van der Waals surface area contributed by atoms with Gasteiger partial charge in [0.05, 0.1) is 6.61 Å². The molecule has 0 aliphatic heterocycles. The summed E-state index contributed by atoms with van der Waals surface area (Å²) in [5.41, 5.74) is 0. The third-order valence-electron chi connectivity index (χ3n) is 11.2. The Morgan fingerprint density at radius 3 is 1.24 bits per heavy atom. The topological polar surface area (TPSA) is 61.8 Å². The highest BCUT2D eigenvalue weighted by atomic mass is 16.6. The Kier molecular flexibility index (Phi) is 47.9. The van der Waals surface area contributed by atoms with Crippen LogP contribution in [0.15, 0.2) is 36.5 Å². The van der Waals surface area contributed by atoms with Gasteiger partial charge in [-0.15, -0.1) is 0 Å². The van der Waals surface area contributed by atoms with Crippen molar-refractivity contribution < 1.29 is 23.8 Å². The molecule has 0 N–H and O–H groups in total. The van der Waals surface area contributed by atoms with E-state index in [1.165, 1.54) is 173 Å². The quantitative estimate of drug-likeness (QED) is 0.0348. The highest BCUT2D eigenvalue weighted by Gasteiger charge is 2.17. The van der Waals surface area contributed by atoms with Gasteiger partial charge in [0.2, 0.25) is 0 Å². The monoisotopic (exact) mass is 815 g/mol. The van der Waals surface area contributed by atoms with E-state index in [-0.39, 0.29) is 25.2 Å². The zero-order valence-electron chi connectivity index (χ0n) is 39.1.